The summed E-state index contributed by atoms with van der Waals surface area (Å²) in [6.07, 6.45) is 3.77. The van der Waals surface area contributed by atoms with E-state index < -0.39 is 29.6 Å². The Labute approximate surface area is 195 Å². The second kappa shape index (κ2) is 11.2. The van der Waals surface area contributed by atoms with Gasteiger partial charge in [-0.3, -0.25) is 4.79 Å². The standard InChI is InChI=1S/C22H27N5O7/c1-33-15-7-6-8-16(34-2)17(15)19(28)25-18-13(12-23-21(31)26-18)11-14(20(29)30)24-22(32)27-9-4-3-5-10-27/h6-8,12,14H,3-5,9-11H2,1-2H3,(H,24,32)(H,29,30)(H2,23,25,26,28,31). The van der Waals surface area contributed by atoms with Gasteiger partial charge in [-0.1, -0.05) is 6.07 Å². The fourth-order valence-corrected chi connectivity index (χ4v) is 3.69. The third-order valence-electron chi connectivity index (χ3n) is 5.44. The summed E-state index contributed by atoms with van der Waals surface area (Å²) in [6, 6.07) is 3.00. The van der Waals surface area contributed by atoms with Crippen molar-refractivity contribution in [3.63, 3.8) is 0 Å². The molecule has 1 aliphatic heterocycles. The van der Waals surface area contributed by atoms with Crippen molar-refractivity contribution in [3.8, 4) is 11.5 Å². The molecular weight excluding hydrogens is 446 g/mol. The number of ether oxygens (including phenoxy) is 2. The zero-order chi connectivity index (χ0) is 24.7. The molecule has 0 bridgehead atoms. The quantitative estimate of drug-likeness (QED) is 0.445. The van der Waals surface area contributed by atoms with Crippen molar-refractivity contribution in [1.82, 2.24) is 20.2 Å². The highest BCUT2D eigenvalue weighted by molar-refractivity contribution is 6.08. The van der Waals surface area contributed by atoms with E-state index in [1.54, 1.807) is 23.1 Å². The van der Waals surface area contributed by atoms with E-state index in [1.807, 2.05) is 0 Å². The smallest absolute Gasteiger partial charge is 0.346 e. The Bertz CT molecular complexity index is 1090. The lowest BCUT2D eigenvalue weighted by Crippen LogP contribution is -2.50. The van der Waals surface area contributed by atoms with Crippen molar-refractivity contribution in [2.75, 3.05) is 32.6 Å². The van der Waals surface area contributed by atoms with Crippen LogP contribution in [0.5, 0.6) is 11.5 Å². The number of methoxy groups -OCH3 is 2. The number of hydrogen-bond acceptors (Lipinski definition) is 7. The summed E-state index contributed by atoms with van der Waals surface area (Å²) in [6.45, 7) is 1.11. The van der Waals surface area contributed by atoms with E-state index in [4.69, 9.17) is 9.47 Å². The Hall–Kier alpha value is -4.09. The first-order chi connectivity index (χ1) is 16.3. The predicted molar refractivity (Wildman–Crippen MR) is 121 cm³/mol. The van der Waals surface area contributed by atoms with Gasteiger partial charge in [-0.15, -0.1) is 0 Å². The summed E-state index contributed by atoms with van der Waals surface area (Å²) >= 11 is 0. The Morgan fingerprint density at radius 3 is 2.38 bits per heavy atom. The third-order valence-corrected chi connectivity index (χ3v) is 5.44. The van der Waals surface area contributed by atoms with E-state index in [2.05, 4.69) is 20.6 Å². The zero-order valence-electron chi connectivity index (χ0n) is 18.9. The number of piperidine rings is 1. The fourth-order valence-electron chi connectivity index (χ4n) is 3.69. The van der Waals surface area contributed by atoms with Gasteiger partial charge in [-0.25, -0.2) is 14.4 Å². The highest BCUT2D eigenvalue weighted by Crippen LogP contribution is 2.29. The summed E-state index contributed by atoms with van der Waals surface area (Å²) in [5.74, 6) is -1.60. The van der Waals surface area contributed by atoms with Crippen LogP contribution in [0.25, 0.3) is 0 Å². The van der Waals surface area contributed by atoms with Gasteiger partial charge in [0, 0.05) is 31.3 Å². The number of amides is 3. The number of aliphatic carboxylic acids is 1. The number of anilines is 1. The van der Waals surface area contributed by atoms with Crippen molar-refractivity contribution < 1.29 is 29.0 Å². The molecule has 2 heterocycles. The van der Waals surface area contributed by atoms with Gasteiger partial charge in [0.15, 0.2) is 0 Å². The number of carboxylic acids is 1. The van der Waals surface area contributed by atoms with Gasteiger partial charge < -0.3 is 35.1 Å². The number of H-pyrrole nitrogens is 1. The summed E-state index contributed by atoms with van der Waals surface area (Å²) < 4.78 is 10.5. The van der Waals surface area contributed by atoms with Crippen molar-refractivity contribution >= 4 is 23.7 Å². The lowest BCUT2D eigenvalue weighted by molar-refractivity contribution is -0.139. The van der Waals surface area contributed by atoms with Crippen molar-refractivity contribution in [2.24, 2.45) is 0 Å². The van der Waals surface area contributed by atoms with Crippen molar-refractivity contribution in [2.45, 2.75) is 31.7 Å². The molecule has 3 rings (SSSR count). The average Bonchev–Trinajstić information content (AvgIpc) is 2.84. The number of rotatable bonds is 8. The maximum absolute atomic E-state index is 13.0. The molecule has 1 aromatic heterocycles. The van der Waals surface area contributed by atoms with Gasteiger partial charge >= 0.3 is 17.7 Å². The van der Waals surface area contributed by atoms with Crippen LogP contribution in [0.4, 0.5) is 10.6 Å². The van der Waals surface area contributed by atoms with Gasteiger partial charge in [0.1, 0.15) is 28.9 Å². The maximum atomic E-state index is 13.0. The zero-order valence-corrected chi connectivity index (χ0v) is 18.9. The van der Waals surface area contributed by atoms with Crippen LogP contribution >= 0.6 is 0 Å². The first kappa shape index (κ1) is 24.6. The molecule has 1 fully saturated rings. The molecule has 2 aromatic rings. The van der Waals surface area contributed by atoms with Gasteiger partial charge in [0.25, 0.3) is 5.91 Å². The Morgan fingerprint density at radius 2 is 1.79 bits per heavy atom. The number of carbonyl (C=O) groups is 3. The summed E-state index contributed by atoms with van der Waals surface area (Å²) in [4.78, 5) is 57.0. The number of urea groups is 1. The number of benzene rings is 1. The SMILES string of the molecule is COc1cccc(OC)c1C(=O)Nc1nc(=O)[nH]cc1CC(NC(=O)N1CCCCC1)C(=O)O. The number of carbonyl (C=O) groups excluding carboxylic acids is 2. The molecule has 1 aromatic carbocycles. The topological polar surface area (TPSA) is 163 Å². The van der Waals surface area contributed by atoms with Crippen molar-refractivity contribution in [3.05, 3.63) is 46.0 Å². The van der Waals surface area contributed by atoms with E-state index in [9.17, 15) is 24.3 Å². The van der Waals surface area contributed by atoms with E-state index in [1.165, 1.54) is 20.4 Å². The second-order valence-corrected chi connectivity index (χ2v) is 7.66. The molecule has 1 saturated heterocycles. The Kier molecular flexibility index (Phi) is 8.06. The number of aromatic nitrogens is 2. The monoisotopic (exact) mass is 473 g/mol. The van der Waals surface area contributed by atoms with Crippen LogP contribution in [0.15, 0.2) is 29.2 Å². The first-order valence-electron chi connectivity index (χ1n) is 10.7. The molecule has 34 heavy (non-hydrogen) atoms. The normalized spacial score (nSPS) is 14.1. The van der Waals surface area contributed by atoms with Crippen LogP contribution in [0, 0.1) is 0 Å². The van der Waals surface area contributed by atoms with Crippen LogP contribution in [0.3, 0.4) is 0 Å². The maximum Gasteiger partial charge on any atom is 0.346 e. The summed E-state index contributed by atoms with van der Waals surface area (Å²) in [7, 11) is 2.79. The minimum Gasteiger partial charge on any atom is -0.496 e. The third kappa shape index (κ3) is 5.82. The van der Waals surface area contributed by atoms with E-state index >= 15 is 0 Å². The van der Waals surface area contributed by atoms with Gasteiger partial charge in [0.05, 0.1) is 14.2 Å². The van der Waals surface area contributed by atoms with E-state index in [0.717, 1.165) is 19.3 Å². The van der Waals surface area contributed by atoms with Crippen LogP contribution in [-0.4, -0.2) is 71.2 Å². The summed E-state index contributed by atoms with van der Waals surface area (Å²) in [5.41, 5.74) is -0.447. The van der Waals surface area contributed by atoms with Crippen LogP contribution < -0.4 is 25.8 Å². The molecule has 1 unspecified atom stereocenters. The molecule has 1 aliphatic rings. The average molecular weight is 473 g/mol. The number of hydrogen-bond donors (Lipinski definition) is 4. The van der Waals surface area contributed by atoms with Crippen molar-refractivity contribution in [1.29, 1.82) is 0 Å². The number of carboxylic acid groups (broad SMARTS) is 1. The molecule has 0 aliphatic carbocycles. The number of aromatic amines is 1. The number of nitrogens with zero attached hydrogens (tertiary/aromatic N) is 2. The van der Waals surface area contributed by atoms with E-state index in [-0.39, 0.29) is 34.9 Å². The highest BCUT2D eigenvalue weighted by Gasteiger charge is 2.27. The van der Waals surface area contributed by atoms with E-state index in [0.29, 0.717) is 13.1 Å². The predicted octanol–water partition coefficient (Wildman–Crippen LogP) is 1.23. The largest absolute Gasteiger partial charge is 0.496 e. The van der Waals surface area contributed by atoms with Gasteiger partial charge in [-0.05, 0) is 31.4 Å². The Balaban J connectivity index is 1.84. The van der Waals surface area contributed by atoms with Crippen LogP contribution in [-0.2, 0) is 11.2 Å². The second-order valence-electron chi connectivity index (χ2n) is 7.66. The number of likely N-dealkylation sites (tertiary alicyclic amines) is 1. The lowest BCUT2D eigenvalue weighted by Gasteiger charge is -2.28. The first-order valence-corrected chi connectivity index (χ1v) is 10.7. The molecule has 0 radical (unpaired) electrons. The Morgan fingerprint density at radius 1 is 1.15 bits per heavy atom. The molecule has 12 heteroatoms. The molecule has 4 N–H and O–H groups in total. The van der Waals surface area contributed by atoms with Crippen LogP contribution in [0.2, 0.25) is 0 Å². The summed E-state index contributed by atoms with van der Waals surface area (Å²) in [5, 5.41) is 14.7. The van der Waals surface area contributed by atoms with Gasteiger partial charge in [-0.2, -0.15) is 4.98 Å². The molecular formula is C22H27N5O7. The molecule has 182 valence electrons. The molecule has 1 atom stereocenters. The molecule has 0 saturated carbocycles. The minimum absolute atomic E-state index is 0.0775. The fraction of sp³-hybridized carbons (Fsp3) is 0.409. The minimum atomic E-state index is -1.31. The lowest BCUT2D eigenvalue weighted by atomic mass is 10.1. The van der Waals surface area contributed by atoms with Gasteiger partial charge in [0.2, 0.25) is 0 Å². The highest BCUT2D eigenvalue weighted by atomic mass is 16.5. The molecule has 3 amide bonds. The molecule has 12 nitrogen and oxygen atoms in total. The number of nitrogens with one attached hydrogen (secondary N) is 3. The molecule has 0 spiro atoms. The van der Waals surface area contributed by atoms with Crippen LogP contribution in [0.1, 0.15) is 35.2 Å².